The summed E-state index contributed by atoms with van der Waals surface area (Å²) >= 11 is 0. The fourth-order valence-corrected chi connectivity index (χ4v) is 2.22. The molecule has 1 aromatic carbocycles. The summed E-state index contributed by atoms with van der Waals surface area (Å²) < 4.78 is 10.5. The van der Waals surface area contributed by atoms with Crippen molar-refractivity contribution in [2.75, 3.05) is 13.2 Å². The molecule has 0 aliphatic carbocycles. The molecule has 2 atom stereocenters. The summed E-state index contributed by atoms with van der Waals surface area (Å²) in [6, 6.07) is 7.26. The molecular weight excluding hydrogens is 268 g/mol. The van der Waals surface area contributed by atoms with E-state index in [1.807, 2.05) is 37.4 Å². The lowest BCUT2D eigenvalue weighted by molar-refractivity contribution is -0.152. The number of esters is 1. The van der Waals surface area contributed by atoms with Crippen molar-refractivity contribution in [3.63, 3.8) is 0 Å². The van der Waals surface area contributed by atoms with Crippen LogP contribution >= 0.6 is 0 Å². The Morgan fingerprint density at radius 3 is 2.90 bits per heavy atom. The van der Waals surface area contributed by atoms with Gasteiger partial charge >= 0.3 is 5.97 Å². The lowest BCUT2D eigenvalue weighted by Gasteiger charge is -2.16. The maximum absolute atomic E-state index is 12.0. The highest BCUT2D eigenvalue weighted by atomic mass is 16.6. The highest BCUT2D eigenvalue weighted by molar-refractivity contribution is 5.84. The second kappa shape index (κ2) is 7.24. The van der Waals surface area contributed by atoms with E-state index in [9.17, 15) is 4.79 Å². The average Bonchev–Trinajstić information content (AvgIpc) is 2.88. The number of carbonyl (C=O) groups is 1. The summed E-state index contributed by atoms with van der Waals surface area (Å²) in [5.41, 5.74) is 8.01. The summed E-state index contributed by atoms with van der Waals surface area (Å²) in [7, 11) is 0. The molecule has 5 nitrogen and oxygen atoms in total. The molecule has 5 heteroatoms. The number of hydrogen-bond acceptors (Lipinski definition) is 4. The van der Waals surface area contributed by atoms with Crippen LogP contribution in [-0.2, 0) is 20.7 Å². The van der Waals surface area contributed by atoms with Gasteiger partial charge in [-0.3, -0.25) is 4.79 Å². The van der Waals surface area contributed by atoms with Crippen LogP contribution in [0.4, 0.5) is 0 Å². The van der Waals surface area contributed by atoms with Crippen molar-refractivity contribution in [2.45, 2.75) is 32.4 Å². The maximum Gasteiger partial charge on any atom is 0.323 e. The van der Waals surface area contributed by atoms with Gasteiger partial charge in [-0.05, 0) is 25.5 Å². The van der Waals surface area contributed by atoms with Gasteiger partial charge in [-0.15, -0.1) is 0 Å². The summed E-state index contributed by atoms with van der Waals surface area (Å²) in [5, 5.41) is 1.09. The molecule has 0 radical (unpaired) electrons. The Labute approximate surface area is 124 Å². The summed E-state index contributed by atoms with van der Waals surface area (Å²) in [6.45, 7) is 4.69. The van der Waals surface area contributed by atoms with Gasteiger partial charge in [-0.25, -0.2) is 0 Å². The van der Waals surface area contributed by atoms with Gasteiger partial charge in [0.2, 0.25) is 0 Å². The molecule has 114 valence electrons. The molecule has 1 heterocycles. The SMILES string of the molecule is CCOCC(C)OC(=O)[C@@H](N)Cc1c[nH]c2ccccc12. The molecule has 0 fully saturated rings. The van der Waals surface area contributed by atoms with E-state index in [4.69, 9.17) is 15.2 Å². The van der Waals surface area contributed by atoms with E-state index >= 15 is 0 Å². The zero-order valence-electron chi connectivity index (χ0n) is 12.5. The van der Waals surface area contributed by atoms with Crippen LogP contribution in [0.25, 0.3) is 10.9 Å². The number of ether oxygens (including phenoxy) is 2. The minimum Gasteiger partial charge on any atom is -0.459 e. The van der Waals surface area contributed by atoms with Gasteiger partial charge in [0.25, 0.3) is 0 Å². The molecule has 1 unspecified atom stereocenters. The van der Waals surface area contributed by atoms with Crippen LogP contribution < -0.4 is 5.73 Å². The molecule has 2 rings (SSSR count). The van der Waals surface area contributed by atoms with Crippen LogP contribution in [-0.4, -0.2) is 36.3 Å². The molecule has 0 saturated heterocycles. The van der Waals surface area contributed by atoms with Crippen molar-refractivity contribution in [1.82, 2.24) is 4.98 Å². The highest BCUT2D eigenvalue weighted by Gasteiger charge is 2.19. The Kier molecular flexibility index (Phi) is 5.36. The van der Waals surface area contributed by atoms with E-state index in [2.05, 4.69) is 4.98 Å². The number of H-pyrrole nitrogens is 1. The Hall–Kier alpha value is -1.85. The summed E-state index contributed by atoms with van der Waals surface area (Å²) in [6.07, 6.45) is 2.05. The van der Waals surface area contributed by atoms with Gasteiger partial charge in [0.05, 0.1) is 6.61 Å². The number of nitrogens with one attached hydrogen (secondary N) is 1. The first kappa shape index (κ1) is 15.5. The van der Waals surface area contributed by atoms with Crippen LogP contribution in [0.2, 0.25) is 0 Å². The van der Waals surface area contributed by atoms with Gasteiger partial charge in [-0.2, -0.15) is 0 Å². The van der Waals surface area contributed by atoms with Crippen LogP contribution in [0, 0.1) is 0 Å². The van der Waals surface area contributed by atoms with E-state index in [1.165, 1.54) is 0 Å². The first-order valence-electron chi connectivity index (χ1n) is 7.20. The third-order valence-corrected chi connectivity index (χ3v) is 3.29. The molecule has 2 aromatic rings. The lowest BCUT2D eigenvalue weighted by Crippen LogP contribution is -2.37. The number of nitrogens with two attached hydrogens (primary N) is 1. The fraction of sp³-hybridized carbons (Fsp3) is 0.438. The smallest absolute Gasteiger partial charge is 0.323 e. The standard InChI is InChI=1S/C16H22N2O3/c1-3-20-10-11(2)21-16(19)14(17)8-12-9-18-15-7-5-4-6-13(12)15/h4-7,9,11,14,18H,3,8,10,17H2,1-2H3/t11?,14-/m0/s1. The molecule has 0 spiro atoms. The van der Waals surface area contributed by atoms with Crippen LogP contribution in [0.15, 0.2) is 30.5 Å². The lowest BCUT2D eigenvalue weighted by atomic mass is 10.1. The maximum atomic E-state index is 12.0. The zero-order chi connectivity index (χ0) is 15.2. The molecule has 1 aromatic heterocycles. The Bertz CT molecular complexity index is 594. The highest BCUT2D eigenvalue weighted by Crippen LogP contribution is 2.19. The number of aromatic nitrogens is 1. The molecule has 0 aliphatic heterocycles. The number of benzene rings is 1. The first-order valence-corrected chi connectivity index (χ1v) is 7.20. The summed E-state index contributed by atoms with van der Waals surface area (Å²) in [5.74, 6) is -0.396. The van der Waals surface area contributed by atoms with E-state index in [1.54, 1.807) is 6.92 Å². The number of carbonyl (C=O) groups excluding carboxylic acids is 1. The zero-order valence-corrected chi connectivity index (χ0v) is 12.5. The Morgan fingerprint density at radius 2 is 2.14 bits per heavy atom. The number of hydrogen-bond donors (Lipinski definition) is 2. The van der Waals surface area contributed by atoms with Crippen molar-refractivity contribution < 1.29 is 14.3 Å². The predicted octanol–water partition coefficient (Wildman–Crippen LogP) is 2.01. The molecule has 21 heavy (non-hydrogen) atoms. The molecular formula is C16H22N2O3. The molecule has 0 bridgehead atoms. The minimum absolute atomic E-state index is 0.286. The normalized spacial score (nSPS) is 14.0. The van der Waals surface area contributed by atoms with Gasteiger partial charge < -0.3 is 20.2 Å². The van der Waals surface area contributed by atoms with Gasteiger partial charge in [0.1, 0.15) is 12.1 Å². The molecule has 0 saturated carbocycles. The van der Waals surface area contributed by atoms with Crippen LogP contribution in [0.5, 0.6) is 0 Å². The second-order valence-corrected chi connectivity index (χ2v) is 5.08. The van der Waals surface area contributed by atoms with Crippen molar-refractivity contribution in [3.8, 4) is 0 Å². The van der Waals surface area contributed by atoms with E-state index in [0.29, 0.717) is 19.6 Å². The third kappa shape index (κ3) is 4.06. The number of aromatic amines is 1. The minimum atomic E-state index is -0.673. The Balaban J connectivity index is 1.94. The monoisotopic (exact) mass is 290 g/mol. The molecule has 0 amide bonds. The van der Waals surface area contributed by atoms with Crippen molar-refractivity contribution in [1.29, 1.82) is 0 Å². The largest absolute Gasteiger partial charge is 0.459 e. The summed E-state index contributed by atoms with van der Waals surface area (Å²) in [4.78, 5) is 15.1. The van der Waals surface area contributed by atoms with Crippen LogP contribution in [0.3, 0.4) is 0 Å². The van der Waals surface area contributed by atoms with Gasteiger partial charge in [0.15, 0.2) is 0 Å². The topological polar surface area (TPSA) is 77.3 Å². The third-order valence-electron chi connectivity index (χ3n) is 3.29. The van der Waals surface area contributed by atoms with Crippen molar-refractivity contribution in [3.05, 3.63) is 36.0 Å². The Morgan fingerprint density at radius 1 is 1.38 bits per heavy atom. The molecule has 0 aliphatic rings. The van der Waals surface area contributed by atoms with Gasteiger partial charge in [0, 0.05) is 30.1 Å². The van der Waals surface area contributed by atoms with E-state index in [-0.39, 0.29) is 6.10 Å². The van der Waals surface area contributed by atoms with E-state index in [0.717, 1.165) is 16.5 Å². The molecule has 3 N–H and O–H groups in total. The number of para-hydroxylation sites is 1. The quantitative estimate of drug-likeness (QED) is 0.765. The van der Waals surface area contributed by atoms with Crippen molar-refractivity contribution >= 4 is 16.9 Å². The number of fused-ring (bicyclic) bond motifs is 1. The van der Waals surface area contributed by atoms with Crippen molar-refractivity contribution in [2.24, 2.45) is 5.73 Å². The fourth-order valence-electron chi connectivity index (χ4n) is 2.22. The predicted molar refractivity (Wildman–Crippen MR) is 82.0 cm³/mol. The van der Waals surface area contributed by atoms with Gasteiger partial charge in [-0.1, -0.05) is 18.2 Å². The average molecular weight is 290 g/mol. The van der Waals surface area contributed by atoms with Crippen LogP contribution in [0.1, 0.15) is 19.4 Å². The first-order chi connectivity index (χ1) is 10.1. The van der Waals surface area contributed by atoms with E-state index < -0.39 is 12.0 Å². The second-order valence-electron chi connectivity index (χ2n) is 5.08. The number of rotatable bonds is 7.